The fourth-order valence-corrected chi connectivity index (χ4v) is 5.49. The smallest absolute Gasteiger partial charge is 0.230 e. The molecule has 4 rings (SSSR count). The third-order valence-electron chi connectivity index (χ3n) is 4.67. The van der Waals surface area contributed by atoms with Gasteiger partial charge in [0, 0.05) is 5.56 Å². The molecule has 0 aliphatic carbocycles. The zero-order valence-electron chi connectivity index (χ0n) is 16.0. The van der Waals surface area contributed by atoms with Gasteiger partial charge in [-0.1, -0.05) is 35.2 Å². The van der Waals surface area contributed by atoms with E-state index in [1.54, 1.807) is 23.2 Å². The van der Waals surface area contributed by atoms with Crippen molar-refractivity contribution >= 4 is 33.3 Å². The zero-order chi connectivity index (χ0) is 21.3. The minimum atomic E-state index is -0.849. The molecule has 0 saturated carbocycles. The lowest BCUT2D eigenvalue weighted by Gasteiger charge is -2.35. The molecular weight excluding hydrogens is 428 g/mol. The molecule has 2 heterocycles. The third-order valence-corrected chi connectivity index (χ3v) is 6.93. The maximum atomic E-state index is 14.6. The molecule has 0 amide bonds. The van der Waals surface area contributed by atoms with Crippen LogP contribution in [0.5, 0.6) is 5.75 Å². The SMILES string of the molecule is Cc1nnc(N2N=C(c3cc(F)ccc3F)SC2(CCCN)c2cccc(O)c2)s1. The Morgan fingerprint density at radius 1 is 1.17 bits per heavy atom. The summed E-state index contributed by atoms with van der Waals surface area (Å²) in [6.07, 6.45) is 1.19. The number of aryl methyl sites for hydroxylation is 1. The fourth-order valence-electron chi connectivity index (χ4n) is 3.31. The fraction of sp³-hybridized carbons (Fsp3) is 0.250. The second-order valence-corrected chi connectivity index (χ2v) is 9.20. The molecule has 0 spiro atoms. The molecule has 156 valence electrons. The summed E-state index contributed by atoms with van der Waals surface area (Å²) in [5.74, 6) is -1.02. The van der Waals surface area contributed by atoms with Gasteiger partial charge in [0.05, 0.1) is 0 Å². The second-order valence-electron chi connectivity index (χ2n) is 6.77. The van der Waals surface area contributed by atoms with E-state index in [4.69, 9.17) is 5.73 Å². The summed E-state index contributed by atoms with van der Waals surface area (Å²) in [5, 5.41) is 26.4. The van der Waals surface area contributed by atoms with Gasteiger partial charge in [-0.2, -0.15) is 5.10 Å². The Hall–Kier alpha value is -2.56. The number of thioether (sulfide) groups is 1. The standard InChI is InChI=1S/C20H19F2N5OS2/c1-12-24-25-19(29-12)27-20(8-3-9-23,13-4-2-5-15(28)10-13)30-18(26-27)16-11-14(21)6-7-17(16)22/h2,4-7,10-11,28H,3,8-9,23H2,1H3. The van der Waals surface area contributed by atoms with Crippen LogP contribution in [-0.2, 0) is 4.87 Å². The van der Waals surface area contributed by atoms with Crippen LogP contribution >= 0.6 is 23.1 Å². The van der Waals surface area contributed by atoms with Gasteiger partial charge in [0.2, 0.25) is 5.13 Å². The van der Waals surface area contributed by atoms with E-state index in [1.165, 1.54) is 23.1 Å². The van der Waals surface area contributed by atoms with Crippen LogP contribution in [0.3, 0.4) is 0 Å². The maximum Gasteiger partial charge on any atom is 0.230 e. The number of nitrogens with two attached hydrogens (primary N) is 1. The Morgan fingerprint density at radius 3 is 2.70 bits per heavy atom. The lowest BCUT2D eigenvalue weighted by molar-refractivity contribution is 0.469. The molecule has 0 bridgehead atoms. The number of hydrogen-bond donors (Lipinski definition) is 2. The molecule has 1 unspecified atom stereocenters. The van der Waals surface area contributed by atoms with E-state index in [1.807, 2.05) is 13.0 Å². The van der Waals surface area contributed by atoms with Gasteiger partial charge in [-0.05, 0) is 62.2 Å². The molecule has 30 heavy (non-hydrogen) atoms. The van der Waals surface area contributed by atoms with Crippen molar-refractivity contribution in [3.63, 3.8) is 0 Å². The molecule has 2 aromatic carbocycles. The van der Waals surface area contributed by atoms with Crippen molar-refractivity contribution in [1.82, 2.24) is 10.2 Å². The minimum Gasteiger partial charge on any atom is -0.508 e. The van der Waals surface area contributed by atoms with Crippen LogP contribution in [0.2, 0.25) is 0 Å². The predicted octanol–water partition coefficient (Wildman–Crippen LogP) is 4.34. The first kappa shape index (κ1) is 20.7. The van der Waals surface area contributed by atoms with Crippen LogP contribution in [0.25, 0.3) is 0 Å². The summed E-state index contributed by atoms with van der Waals surface area (Å²) >= 11 is 2.64. The van der Waals surface area contributed by atoms with Crippen molar-refractivity contribution in [3.8, 4) is 5.75 Å². The van der Waals surface area contributed by atoms with Gasteiger partial charge < -0.3 is 10.8 Å². The molecule has 0 saturated heterocycles. The van der Waals surface area contributed by atoms with Crippen molar-refractivity contribution in [1.29, 1.82) is 0 Å². The Morgan fingerprint density at radius 2 is 2.00 bits per heavy atom. The molecule has 6 nitrogen and oxygen atoms in total. The van der Waals surface area contributed by atoms with E-state index < -0.39 is 16.5 Å². The monoisotopic (exact) mass is 447 g/mol. The molecule has 0 radical (unpaired) electrons. The molecule has 3 aromatic rings. The molecule has 1 aliphatic heterocycles. The van der Waals surface area contributed by atoms with Crippen molar-refractivity contribution in [2.24, 2.45) is 10.8 Å². The molecule has 1 aromatic heterocycles. The normalized spacial score (nSPS) is 18.7. The number of phenolic OH excluding ortho intramolecular Hbond substituents is 1. The van der Waals surface area contributed by atoms with E-state index in [9.17, 15) is 13.9 Å². The third kappa shape index (κ3) is 3.78. The van der Waals surface area contributed by atoms with Gasteiger partial charge in [-0.25, -0.2) is 13.8 Å². The van der Waals surface area contributed by atoms with Gasteiger partial charge in [0.1, 0.15) is 32.3 Å². The number of nitrogens with zero attached hydrogens (tertiary/aromatic N) is 4. The summed E-state index contributed by atoms with van der Waals surface area (Å²) in [6.45, 7) is 2.27. The Labute approximate surface area is 180 Å². The van der Waals surface area contributed by atoms with Crippen LogP contribution in [0.4, 0.5) is 13.9 Å². The number of rotatable bonds is 6. The number of hydrazone groups is 1. The van der Waals surface area contributed by atoms with Crippen molar-refractivity contribution < 1.29 is 13.9 Å². The Kier molecular flexibility index (Phi) is 5.72. The van der Waals surface area contributed by atoms with Crippen LogP contribution in [0.15, 0.2) is 47.6 Å². The maximum absolute atomic E-state index is 14.6. The van der Waals surface area contributed by atoms with E-state index in [0.29, 0.717) is 29.6 Å². The predicted molar refractivity (Wildman–Crippen MR) is 116 cm³/mol. The quantitative estimate of drug-likeness (QED) is 0.585. The highest BCUT2D eigenvalue weighted by molar-refractivity contribution is 8.15. The molecule has 0 fully saturated rings. The van der Waals surface area contributed by atoms with Crippen molar-refractivity contribution in [3.05, 3.63) is 70.2 Å². The highest BCUT2D eigenvalue weighted by Gasteiger charge is 2.48. The van der Waals surface area contributed by atoms with Gasteiger partial charge in [-0.3, -0.25) is 0 Å². The number of aromatic hydroxyl groups is 1. The first-order valence-electron chi connectivity index (χ1n) is 9.26. The van der Waals surface area contributed by atoms with E-state index >= 15 is 0 Å². The van der Waals surface area contributed by atoms with Crippen LogP contribution in [0.1, 0.15) is 29.0 Å². The Bertz CT molecular complexity index is 1110. The molecule has 1 aliphatic rings. The first-order chi connectivity index (χ1) is 14.4. The zero-order valence-corrected chi connectivity index (χ0v) is 17.7. The van der Waals surface area contributed by atoms with Gasteiger partial charge in [0.15, 0.2) is 0 Å². The average Bonchev–Trinajstić information content (AvgIpc) is 3.32. The summed E-state index contributed by atoms with van der Waals surface area (Å²) < 4.78 is 28.4. The Balaban J connectivity index is 1.90. The molecule has 1 atom stereocenters. The second kappa shape index (κ2) is 8.29. The number of hydrogen-bond acceptors (Lipinski definition) is 8. The van der Waals surface area contributed by atoms with E-state index in [0.717, 1.165) is 28.8 Å². The average molecular weight is 448 g/mol. The summed E-state index contributed by atoms with van der Waals surface area (Å²) in [5.41, 5.74) is 6.63. The largest absolute Gasteiger partial charge is 0.508 e. The lowest BCUT2D eigenvalue weighted by Crippen LogP contribution is -2.38. The molecule has 10 heteroatoms. The van der Waals surface area contributed by atoms with Crippen LogP contribution in [-0.4, -0.2) is 26.9 Å². The number of phenols is 1. The topological polar surface area (TPSA) is 87.6 Å². The number of benzene rings is 2. The van der Waals surface area contributed by atoms with E-state index in [-0.39, 0.29) is 11.3 Å². The number of anilines is 1. The summed E-state index contributed by atoms with van der Waals surface area (Å²) in [4.78, 5) is -0.849. The molecular formula is C20H19F2N5OS2. The minimum absolute atomic E-state index is 0.0704. The van der Waals surface area contributed by atoms with Gasteiger partial charge in [0.25, 0.3) is 0 Å². The lowest BCUT2D eigenvalue weighted by atomic mass is 10.00. The van der Waals surface area contributed by atoms with Crippen LogP contribution < -0.4 is 10.7 Å². The van der Waals surface area contributed by atoms with Gasteiger partial charge in [-0.15, -0.1) is 10.2 Å². The van der Waals surface area contributed by atoms with Gasteiger partial charge >= 0.3 is 0 Å². The van der Waals surface area contributed by atoms with Crippen molar-refractivity contribution in [2.75, 3.05) is 11.6 Å². The number of halogens is 2. The summed E-state index contributed by atoms with van der Waals surface area (Å²) in [7, 11) is 0. The van der Waals surface area contributed by atoms with Crippen LogP contribution in [0, 0.1) is 18.6 Å². The van der Waals surface area contributed by atoms with E-state index in [2.05, 4.69) is 15.3 Å². The molecule has 3 N–H and O–H groups in total. The summed E-state index contributed by atoms with van der Waals surface area (Å²) in [6, 6.07) is 10.1. The van der Waals surface area contributed by atoms with Crippen molar-refractivity contribution in [2.45, 2.75) is 24.6 Å². The highest BCUT2D eigenvalue weighted by Crippen LogP contribution is 2.53. The highest BCUT2D eigenvalue weighted by atomic mass is 32.2. The number of aromatic nitrogens is 2. The first-order valence-corrected chi connectivity index (χ1v) is 10.9.